The van der Waals surface area contributed by atoms with Crippen LogP contribution in [-0.2, 0) is 14.3 Å². The van der Waals surface area contributed by atoms with Crippen molar-refractivity contribution in [2.24, 2.45) is 0 Å². The predicted octanol–water partition coefficient (Wildman–Crippen LogP) is -2.26. The first-order valence-corrected chi connectivity index (χ1v) is 5.14. The highest BCUT2D eigenvalue weighted by Crippen LogP contribution is 2.21. The summed E-state index contributed by atoms with van der Waals surface area (Å²) in [5.74, 6) is -0.421. The lowest BCUT2D eigenvalue weighted by molar-refractivity contribution is -0.288. The highest BCUT2D eigenvalue weighted by molar-refractivity contribution is 5.86. The van der Waals surface area contributed by atoms with Crippen LogP contribution in [0.3, 0.4) is 0 Å². The summed E-state index contributed by atoms with van der Waals surface area (Å²) in [5, 5.41) is 31.1. The van der Waals surface area contributed by atoms with Gasteiger partial charge < -0.3 is 30.1 Å². The van der Waals surface area contributed by atoms with Gasteiger partial charge in [0.25, 0.3) is 0 Å². The Morgan fingerprint density at radius 1 is 1.41 bits per heavy atom. The smallest absolute Gasteiger partial charge is 0.243 e. The van der Waals surface area contributed by atoms with Gasteiger partial charge in [0.05, 0.1) is 0 Å². The summed E-state index contributed by atoms with van der Waals surface area (Å²) in [7, 11) is 1.30. The molecule has 1 heterocycles. The molecule has 1 aliphatic rings. The number of rotatable bonds is 4. The SMILES string of the molecule is C=CC(=O)NCC1OC(OC)C(O)C(O)C1O. The van der Waals surface area contributed by atoms with Crippen LogP contribution in [0.1, 0.15) is 0 Å². The van der Waals surface area contributed by atoms with Crippen LogP contribution in [-0.4, -0.2) is 65.6 Å². The van der Waals surface area contributed by atoms with E-state index in [1.54, 1.807) is 0 Å². The van der Waals surface area contributed by atoms with Gasteiger partial charge in [-0.05, 0) is 6.08 Å². The van der Waals surface area contributed by atoms with E-state index >= 15 is 0 Å². The average molecular weight is 247 g/mol. The van der Waals surface area contributed by atoms with Crippen molar-refractivity contribution in [2.75, 3.05) is 13.7 Å². The van der Waals surface area contributed by atoms with Crippen molar-refractivity contribution in [1.29, 1.82) is 0 Å². The number of hydrogen-bond acceptors (Lipinski definition) is 6. The van der Waals surface area contributed by atoms with Gasteiger partial charge in [-0.3, -0.25) is 4.79 Å². The summed E-state index contributed by atoms with van der Waals surface area (Å²) in [4.78, 5) is 10.9. The molecule has 0 saturated carbocycles. The third-order valence-corrected chi connectivity index (χ3v) is 2.56. The number of aliphatic hydroxyl groups excluding tert-OH is 3. The van der Waals surface area contributed by atoms with Crippen molar-refractivity contribution < 1.29 is 29.6 Å². The van der Waals surface area contributed by atoms with E-state index in [1.807, 2.05) is 0 Å². The van der Waals surface area contributed by atoms with E-state index in [2.05, 4.69) is 11.9 Å². The quantitative estimate of drug-likeness (QED) is 0.418. The summed E-state index contributed by atoms with van der Waals surface area (Å²) in [6, 6.07) is 0. The Morgan fingerprint density at radius 3 is 2.59 bits per heavy atom. The zero-order valence-electron chi connectivity index (χ0n) is 9.44. The van der Waals surface area contributed by atoms with Gasteiger partial charge in [0, 0.05) is 13.7 Å². The minimum absolute atomic E-state index is 0.0182. The van der Waals surface area contributed by atoms with Gasteiger partial charge in [0.1, 0.15) is 24.4 Å². The van der Waals surface area contributed by atoms with Crippen molar-refractivity contribution in [2.45, 2.75) is 30.7 Å². The largest absolute Gasteiger partial charge is 0.388 e. The Morgan fingerprint density at radius 2 is 2.06 bits per heavy atom. The van der Waals surface area contributed by atoms with Gasteiger partial charge in [-0.1, -0.05) is 6.58 Å². The summed E-state index contributed by atoms with van der Waals surface area (Å²) in [5.41, 5.74) is 0. The number of aliphatic hydroxyl groups is 3. The maximum Gasteiger partial charge on any atom is 0.243 e. The normalized spacial score (nSPS) is 37.5. The highest BCUT2D eigenvalue weighted by Gasteiger charge is 2.43. The predicted molar refractivity (Wildman–Crippen MR) is 56.9 cm³/mol. The monoisotopic (exact) mass is 247 g/mol. The van der Waals surface area contributed by atoms with Crippen LogP contribution in [0.2, 0.25) is 0 Å². The Labute approximate surface area is 98.6 Å². The molecule has 1 rings (SSSR count). The molecule has 0 aromatic carbocycles. The average Bonchev–Trinajstić information content (AvgIpc) is 2.34. The Balaban J connectivity index is 2.59. The van der Waals surface area contributed by atoms with Crippen LogP contribution >= 0.6 is 0 Å². The number of hydrogen-bond donors (Lipinski definition) is 4. The van der Waals surface area contributed by atoms with Gasteiger partial charge in [-0.15, -0.1) is 0 Å². The molecule has 17 heavy (non-hydrogen) atoms. The summed E-state index contributed by atoms with van der Waals surface area (Å²) in [6.45, 7) is 3.25. The maximum atomic E-state index is 10.9. The second-order valence-electron chi connectivity index (χ2n) is 3.70. The van der Waals surface area contributed by atoms with Crippen LogP contribution in [0.5, 0.6) is 0 Å². The number of ether oxygens (including phenoxy) is 2. The van der Waals surface area contributed by atoms with Crippen molar-refractivity contribution in [3.63, 3.8) is 0 Å². The molecule has 5 unspecified atom stereocenters. The molecule has 0 spiro atoms. The Kier molecular flexibility index (Phi) is 5.03. The molecule has 1 saturated heterocycles. The van der Waals surface area contributed by atoms with Gasteiger partial charge in [0.15, 0.2) is 6.29 Å². The first kappa shape index (κ1) is 14.1. The molecule has 0 aromatic heterocycles. The molecule has 0 bridgehead atoms. The summed E-state index contributed by atoms with van der Waals surface area (Å²) >= 11 is 0. The number of amides is 1. The second kappa shape index (κ2) is 6.08. The zero-order chi connectivity index (χ0) is 13.0. The molecule has 0 aliphatic carbocycles. The van der Waals surface area contributed by atoms with E-state index in [0.717, 1.165) is 6.08 Å². The number of carbonyl (C=O) groups excluding carboxylic acids is 1. The molecule has 98 valence electrons. The lowest BCUT2D eigenvalue weighted by Gasteiger charge is -2.39. The molecular formula is C10H17NO6. The zero-order valence-corrected chi connectivity index (χ0v) is 9.44. The minimum atomic E-state index is -1.39. The van der Waals surface area contributed by atoms with Gasteiger partial charge in [-0.25, -0.2) is 0 Å². The van der Waals surface area contributed by atoms with Crippen molar-refractivity contribution in [3.8, 4) is 0 Å². The van der Waals surface area contributed by atoms with Crippen LogP contribution in [0, 0.1) is 0 Å². The fourth-order valence-electron chi connectivity index (χ4n) is 1.55. The maximum absolute atomic E-state index is 10.9. The number of carbonyl (C=O) groups is 1. The molecular weight excluding hydrogens is 230 g/mol. The van der Waals surface area contributed by atoms with E-state index < -0.39 is 36.6 Å². The fourth-order valence-corrected chi connectivity index (χ4v) is 1.55. The summed E-state index contributed by atoms with van der Waals surface area (Å²) < 4.78 is 10.0. The van der Waals surface area contributed by atoms with Gasteiger partial charge in [0.2, 0.25) is 5.91 Å². The van der Waals surface area contributed by atoms with E-state index in [4.69, 9.17) is 9.47 Å². The van der Waals surface area contributed by atoms with Crippen LogP contribution in [0.4, 0.5) is 0 Å². The lowest BCUT2D eigenvalue weighted by atomic mass is 9.99. The second-order valence-corrected chi connectivity index (χ2v) is 3.70. The van der Waals surface area contributed by atoms with Crippen molar-refractivity contribution >= 4 is 5.91 Å². The Bertz CT molecular complexity index is 282. The van der Waals surface area contributed by atoms with E-state index in [-0.39, 0.29) is 6.54 Å². The lowest BCUT2D eigenvalue weighted by Crippen LogP contribution is -2.60. The third-order valence-electron chi connectivity index (χ3n) is 2.56. The molecule has 7 heteroatoms. The molecule has 1 aliphatic heterocycles. The van der Waals surface area contributed by atoms with Crippen LogP contribution in [0.15, 0.2) is 12.7 Å². The van der Waals surface area contributed by atoms with E-state index in [9.17, 15) is 20.1 Å². The molecule has 0 aromatic rings. The van der Waals surface area contributed by atoms with Crippen molar-refractivity contribution in [1.82, 2.24) is 5.32 Å². The van der Waals surface area contributed by atoms with Crippen LogP contribution < -0.4 is 5.32 Å². The molecule has 5 atom stereocenters. The molecule has 0 radical (unpaired) electrons. The third kappa shape index (κ3) is 3.24. The van der Waals surface area contributed by atoms with E-state index in [1.165, 1.54) is 7.11 Å². The highest BCUT2D eigenvalue weighted by atomic mass is 16.7. The van der Waals surface area contributed by atoms with Gasteiger partial charge >= 0.3 is 0 Å². The van der Waals surface area contributed by atoms with Gasteiger partial charge in [-0.2, -0.15) is 0 Å². The molecule has 4 N–H and O–H groups in total. The molecule has 7 nitrogen and oxygen atoms in total. The van der Waals surface area contributed by atoms with Crippen molar-refractivity contribution in [3.05, 3.63) is 12.7 Å². The van der Waals surface area contributed by atoms with E-state index in [0.29, 0.717) is 0 Å². The number of nitrogens with one attached hydrogen (secondary N) is 1. The Hall–Kier alpha value is -0.990. The first-order chi connectivity index (χ1) is 8.01. The molecule has 1 amide bonds. The minimum Gasteiger partial charge on any atom is -0.388 e. The summed E-state index contributed by atoms with van der Waals surface area (Å²) in [6.07, 6.45) is -4.85. The van der Waals surface area contributed by atoms with Crippen LogP contribution in [0.25, 0.3) is 0 Å². The fraction of sp³-hybridized carbons (Fsp3) is 0.700. The number of methoxy groups -OCH3 is 1. The molecule has 1 fully saturated rings. The first-order valence-electron chi connectivity index (χ1n) is 5.14. The standard InChI is InChI=1S/C10H17NO6/c1-3-6(12)11-4-5-7(13)8(14)9(15)10(16-2)17-5/h3,5,7-10,13-15H,1,4H2,2H3,(H,11,12). The topological polar surface area (TPSA) is 108 Å².